The molecule has 0 fully saturated rings. The summed E-state index contributed by atoms with van der Waals surface area (Å²) >= 11 is 0. The van der Waals surface area contributed by atoms with E-state index < -0.39 is 0 Å². The molecule has 0 aromatic heterocycles. The second-order valence-corrected chi connectivity index (χ2v) is 2.62. The highest BCUT2D eigenvalue weighted by Crippen LogP contribution is 2.23. The van der Waals surface area contributed by atoms with Gasteiger partial charge in [-0.1, -0.05) is 0 Å². The van der Waals surface area contributed by atoms with Crippen LogP contribution in [0.5, 0.6) is 11.5 Å². The molecule has 3 nitrogen and oxygen atoms in total. The van der Waals surface area contributed by atoms with E-state index in [9.17, 15) is 4.79 Å². The van der Waals surface area contributed by atoms with Crippen LogP contribution in [-0.2, 0) is 0 Å². The lowest BCUT2D eigenvalue weighted by atomic mass is 10.1. The Morgan fingerprint density at radius 2 is 1.92 bits per heavy atom. The van der Waals surface area contributed by atoms with Crippen molar-refractivity contribution in [2.75, 3.05) is 14.2 Å². The van der Waals surface area contributed by atoms with Crippen LogP contribution >= 0.6 is 0 Å². The van der Waals surface area contributed by atoms with Crippen LogP contribution in [0.15, 0.2) is 18.2 Å². The summed E-state index contributed by atoms with van der Waals surface area (Å²) in [4.78, 5) is 11.2. The minimum absolute atomic E-state index is 0.0317. The van der Waals surface area contributed by atoms with E-state index in [1.165, 1.54) is 14.0 Å². The van der Waals surface area contributed by atoms with Crippen LogP contribution < -0.4 is 9.47 Å². The Balaban J connectivity index is 3.18. The number of ether oxygens (including phenoxy) is 2. The molecule has 0 heterocycles. The molecule has 13 heavy (non-hydrogen) atoms. The molecule has 0 unspecified atom stereocenters. The molecule has 0 aliphatic rings. The number of benzene rings is 1. The highest BCUT2D eigenvalue weighted by atomic mass is 16.5. The second kappa shape index (κ2) is 3.94. The van der Waals surface area contributed by atoms with E-state index in [1.54, 1.807) is 25.3 Å². The summed E-state index contributed by atoms with van der Waals surface area (Å²) in [5.74, 6) is 1.20. The summed E-state index contributed by atoms with van der Waals surface area (Å²) in [6.07, 6.45) is 0. The zero-order chi connectivity index (χ0) is 9.84. The monoisotopic (exact) mass is 180 g/mol. The van der Waals surface area contributed by atoms with E-state index in [2.05, 4.69) is 0 Å². The molecule has 0 amide bonds. The minimum atomic E-state index is -0.0317. The van der Waals surface area contributed by atoms with Gasteiger partial charge in [-0.2, -0.15) is 0 Å². The summed E-state index contributed by atoms with van der Waals surface area (Å²) < 4.78 is 10.0. The normalized spacial score (nSPS) is 9.46. The first-order chi connectivity index (χ1) is 6.19. The van der Waals surface area contributed by atoms with Crippen LogP contribution in [0.4, 0.5) is 0 Å². The van der Waals surface area contributed by atoms with Crippen molar-refractivity contribution in [2.24, 2.45) is 0 Å². The number of hydrogen-bond acceptors (Lipinski definition) is 3. The smallest absolute Gasteiger partial charge is 0.163 e. The van der Waals surface area contributed by atoms with Crippen molar-refractivity contribution in [3.63, 3.8) is 0 Å². The maximum Gasteiger partial charge on any atom is 0.163 e. The van der Waals surface area contributed by atoms with Crippen molar-refractivity contribution in [3.8, 4) is 11.5 Å². The number of carbonyl (C=O) groups is 1. The van der Waals surface area contributed by atoms with Gasteiger partial charge in [0.15, 0.2) is 5.78 Å². The van der Waals surface area contributed by atoms with Crippen LogP contribution in [-0.4, -0.2) is 20.0 Å². The molecule has 1 rings (SSSR count). The summed E-state index contributed by atoms with van der Waals surface area (Å²) in [5, 5.41) is 0. The Morgan fingerprint density at radius 1 is 1.23 bits per heavy atom. The van der Waals surface area contributed by atoms with Gasteiger partial charge < -0.3 is 9.47 Å². The van der Waals surface area contributed by atoms with Crippen molar-refractivity contribution in [3.05, 3.63) is 23.8 Å². The zero-order valence-corrected chi connectivity index (χ0v) is 7.96. The Morgan fingerprint density at radius 3 is 2.38 bits per heavy atom. The molecule has 3 heteroatoms. The third kappa shape index (κ3) is 1.99. The second-order valence-electron chi connectivity index (χ2n) is 2.62. The third-order valence-electron chi connectivity index (χ3n) is 1.79. The first kappa shape index (κ1) is 9.58. The van der Waals surface area contributed by atoms with Crippen LogP contribution in [0.3, 0.4) is 0 Å². The Labute approximate surface area is 77.3 Å². The van der Waals surface area contributed by atoms with Crippen LogP contribution in [0.25, 0.3) is 0 Å². The average molecular weight is 180 g/mol. The largest absolute Gasteiger partial charge is 0.497 e. The molecule has 0 radical (unpaired) electrons. The number of ketones is 1. The van der Waals surface area contributed by atoms with Gasteiger partial charge in [0.05, 0.1) is 19.8 Å². The predicted octanol–water partition coefficient (Wildman–Crippen LogP) is 1.91. The standard InChI is InChI=1S/C10H12O3/c1-7(11)9-6-8(12-2)4-5-10(9)13-3/h4-6H,1-3H3. The molecular weight excluding hydrogens is 168 g/mol. The molecule has 1 aromatic carbocycles. The lowest BCUT2D eigenvalue weighted by Gasteiger charge is -2.07. The lowest BCUT2D eigenvalue weighted by Crippen LogP contribution is -1.98. The average Bonchev–Trinajstić information content (AvgIpc) is 2.16. The number of carbonyl (C=O) groups excluding carboxylic acids is 1. The number of hydrogen-bond donors (Lipinski definition) is 0. The zero-order valence-electron chi connectivity index (χ0n) is 7.96. The summed E-state index contributed by atoms with van der Waals surface area (Å²) in [6.45, 7) is 1.50. The summed E-state index contributed by atoms with van der Waals surface area (Å²) in [5.41, 5.74) is 0.543. The van der Waals surface area contributed by atoms with Gasteiger partial charge >= 0.3 is 0 Å². The molecule has 0 bridgehead atoms. The van der Waals surface area contributed by atoms with Crippen molar-refractivity contribution < 1.29 is 14.3 Å². The molecule has 0 atom stereocenters. The fourth-order valence-electron chi connectivity index (χ4n) is 1.09. The maximum atomic E-state index is 11.2. The fourth-order valence-corrected chi connectivity index (χ4v) is 1.09. The highest BCUT2D eigenvalue weighted by molar-refractivity contribution is 5.97. The quantitative estimate of drug-likeness (QED) is 0.666. The summed E-state index contributed by atoms with van der Waals surface area (Å²) in [7, 11) is 3.10. The molecule has 70 valence electrons. The maximum absolute atomic E-state index is 11.2. The van der Waals surface area contributed by atoms with Crippen LogP contribution in [0.1, 0.15) is 17.3 Å². The van der Waals surface area contributed by atoms with E-state index in [4.69, 9.17) is 9.47 Å². The highest BCUT2D eigenvalue weighted by Gasteiger charge is 2.08. The van der Waals surface area contributed by atoms with E-state index in [0.29, 0.717) is 17.1 Å². The SMILES string of the molecule is COc1ccc(OC)c(C(C)=O)c1. The number of rotatable bonds is 3. The van der Waals surface area contributed by atoms with E-state index in [0.717, 1.165) is 0 Å². The lowest BCUT2D eigenvalue weighted by molar-refractivity contribution is 0.101. The van der Waals surface area contributed by atoms with E-state index in [-0.39, 0.29) is 5.78 Å². The molecule has 0 saturated heterocycles. The van der Waals surface area contributed by atoms with Gasteiger partial charge in [-0.3, -0.25) is 4.79 Å². The molecule has 1 aromatic rings. The van der Waals surface area contributed by atoms with Crippen LogP contribution in [0.2, 0.25) is 0 Å². The molecule has 0 aliphatic carbocycles. The third-order valence-corrected chi connectivity index (χ3v) is 1.79. The van der Waals surface area contributed by atoms with Crippen molar-refractivity contribution in [1.29, 1.82) is 0 Å². The van der Waals surface area contributed by atoms with Crippen molar-refractivity contribution in [1.82, 2.24) is 0 Å². The molecule has 0 spiro atoms. The van der Waals surface area contributed by atoms with Gasteiger partial charge in [-0.25, -0.2) is 0 Å². The molecule has 0 N–H and O–H groups in total. The summed E-state index contributed by atoms with van der Waals surface area (Å²) in [6, 6.07) is 5.14. The molecule has 0 aliphatic heterocycles. The molecular formula is C10H12O3. The first-order valence-corrected chi connectivity index (χ1v) is 3.92. The number of Topliss-reactive ketones (excluding diaryl/α,β-unsaturated/α-hetero) is 1. The Bertz CT molecular complexity index is 318. The van der Waals surface area contributed by atoms with Gasteiger partial charge in [-0.15, -0.1) is 0 Å². The fraction of sp³-hybridized carbons (Fsp3) is 0.300. The number of methoxy groups -OCH3 is 2. The Hall–Kier alpha value is -1.51. The molecule has 0 saturated carbocycles. The topological polar surface area (TPSA) is 35.5 Å². The van der Waals surface area contributed by atoms with Gasteiger partial charge in [0.1, 0.15) is 11.5 Å². The van der Waals surface area contributed by atoms with Gasteiger partial charge in [-0.05, 0) is 25.1 Å². The Kier molecular flexibility index (Phi) is 2.90. The minimum Gasteiger partial charge on any atom is -0.497 e. The van der Waals surface area contributed by atoms with Crippen LogP contribution in [0, 0.1) is 0 Å². The predicted molar refractivity (Wildman–Crippen MR) is 49.6 cm³/mol. The van der Waals surface area contributed by atoms with Gasteiger partial charge in [0.25, 0.3) is 0 Å². The van der Waals surface area contributed by atoms with Crippen molar-refractivity contribution in [2.45, 2.75) is 6.92 Å². The van der Waals surface area contributed by atoms with E-state index in [1.807, 2.05) is 0 Å². The van der Waals surface area contributed by atoms with Gasteiger partial charge in [0, 0.05) is 0 Å². The van der Waals surface area contributed by atoms with Gasteiger partial charge in [0.2, 0.25) is 0 Å². The first-order valence-electron chi connectivity index (χ1n) is 3.92. The van der Waals surface area contributed by atoms with E-state index >= 15 is 0 Å². The van der Waals surface area contributed by atoms with Crippen molar-refractivity contribution >= 4 is 5.78 Å².